The third-order valence-electron chi connectivity index (χ3n) is 5.84. The van der Waals surface area contributed by atoms with Crippen LogP contribution in [-0.4, -0.2) is 37.0 Å². The van der Waals surface area contributed by atoms with Crippen LogP contribution < -0.4 is 9.47 Å². The SMILES string of the molecule is CCN1C(=O)C2CCc3c(OC)ccc(OCCc4ccccc4)c3C2C1=O. The lowest BCUT2D eigenvalue weighted by Gasteiger charge is -2.28. The van der Waals surface area contributed by atoms with Crippen LogP contribution in [0.1, 0.15) is 36.0 Å². The second kappa shape index (κ2) is 7.66. The lowest BCUT2D eigenvalue weighted by atomic mass is 9.75. The maximum Gasteiger partial charge on any atom is 0.237 e. The largest absolute Gasteiger partial charge is 0.496 e. The van der Waals surface area contributed by atoms with E-state index in [0.29, 0.717) is 31.7 Å². The fourth-order valence-electron chi connectivity index (χ4n) is 4.48. The van der Waals surface area contributed by atoms with Gasteiger partial charge in [0.25, 0.3) is 0 Å². The Labute approximate surface area is 165 Å². The molecular weight excluding hydrogens is 354 g/mol. The summed E-state index contributed by atoms with van der Waals surface area (Å²) >= 11 is 0. The molecule has 1 saturated heterocycles. The summed E-state index contributed by atoms with van der Waals surface area (Å²) < 4.78 is 11.7. The number of hydrogen-bond acceptors (Lipinski definition) is 4. The van der Waals surface area contributed by atoms with Crippen LogP contribution in [0.5, 0.6) is 11.5 Å². The number of likely N-dealkylation sites (tertiary alicyclic amines) is 1. The number of ether oxygens (including phenoxy) is 2. The maximum atomic E-state index is 13.0. The Morgan fingerprint density at radius 2 is 1.79 bits per heavy atom. The van der Waals surface area contributed by atoms with Gasteiger partial charge in [0, 0.05) is 24.1 Å². The van der Waals surface area contributed by atoms with Crippen molar-refractivity contribution in [1.29, 1.82) is 0 Å². The number of carbonyl (C=O) groups excluding carboxylic acids is 2. The minimum atomic E-state index is -0.460. The monoisotopic (exact) mass is 379 g/mol. The average molecular weight is 379 g/mol. The third-order valence-corrected chi connectivity index (χ3v) is 5.84. The van der Waals surface area contributed by atoms with Crippen molar-refractivity contribution in [3.05, 3.63) is 59.2 Å². The maximum absolute atomic E-state index is 13.0. The molecule has 28 heavy (non-hydrogen) atoms. The van der Waals surface area contributed by atoms with Crippen LogP contribution in [-0.2, 0) is 22.4 Å². The number of likely N-dealkylation sites (N-methyl/N-ethyl adjacent to an activating group) is 1. The van der Waals surface area contributed by atoms with E-state index >= 15 is 0 Å². The molecule has 0 spiro atoms. The third kappa shape index (κ3) is 3.05. The fraction of sp³-hybridized carbons (Fsp3) is 0.391. The molecule has 1 aliphatic heterocycles. The molecule has 1 heterocycles. The van der Waals surface area contributed by atoms with Crippen molar-refractivity contribution in [2.45, 2.75) is 32.1 Å². The molecule has 2 aromatic carbocycles. The number of hydrogen-bond donors (Lipinski definition) is 0. The molecule has 1 aliphatic carbocycles. The lowest BCUT2D eigenvalue weighted by Crippen LogP contribution is -2.30. The van der Waals surface area contributed by atoms with E-state index in [1.54, 1.807) is 7.11 Å². The van der Waals surface area contributed by atoms with E-state index in [1.165, 1.54) is 10.5 Å². The summed E-state index contributed by atoms with van der Waals surface area (Å²) in [7, 11) is 1.64. The van der Waals surface area contributed by atoms with Gasteiger partial charge < -0.3 is 9.47 Å². The molecule has 1 fully saturated rings. The van der Waals surface area contributed by atoms with Gasteiger partial charge in [0.1, 0.15) is 11.5 Å². The fourth-order valence-corrected chi connectivity index (χ4v) is 4.48. The Balaban J connectivity index is 1.66. The van der Waals surface area contributed by atoms with Crippen LogP contribution in [0.3, 0.4) is 0 Å². The second-order valence-electron chi connectivity index (χ2n) is 7.29. The molecule has 0 radical (unpaired) electrons. The van der Waals surface area contributed by atoms with Crippen molar-refractivity contribution in [3.63, 3.8) is 0 Å². The van der Waals surface area contributed by atoms with Gasteiger partial charge in [-0.15, -0.1) is 0 Å². The van der Waals surface area contributed by atoms with Crippen molar-refractivity contribution >= 4 is 11.8 Å². The van der Waals surface area contributed by atoms with Crippen molar-refractivity contribution in [2.75, 3.05) is 20.3 Å². The summed E-state index contributed by atoms with van der Waals surface area (Å²) in [6.07, 6.45) is 2.17. The zero-order chi connectivity index (χ0) is 19.7. The first-order valence-electron chi connectivity index (χ1n) is 9.87. The van der Waals surface area contributed by atoms with Gasteiger partial charge in [0.2, 0.25) is 11.8 Å². The van der Waals surface area contributed by atoms with Crippen molar-refractivity contribution < 1.29 is 19.1 Å². The molecule has 0 bridgehead atoms. The van der Waals surface area contributed by atoms with Crippen molar-refractivity contribution in [3.8, 4) is 11.5 Å². The number of methoxy groups -OCH3 is 1. The van der Waals surface area contributed by atoms with E-state index in [9.17, 15) is 9.59 Å². The smallest absolute Gasteiger partial charge is 0.237 e. The molecule has 4 rings (SSSR count). The molecule has 0 N–H and O–H groups in total. The Morgan fingerprint density at radius 1 is 1.04 bits per heavy atom. The number of fused-ring (bicyclic) bond motifs is 3. The second-order valence-corrected chi connectivity index (χ2v) is 7.29. The van der Waals surface area contributed by atoms with Crippen LogP contribution in [0, 0.1) is 5.92 Å². The highest BCUT2D eigenvalue weighted by atomic mass is 16.5. The van der Waals surface area contributed by atoms with Gasteiger partial charge in [-0.2, -0.15) is 0 Å². The molecule has 2 aliphatic rings. The highest BCUT2D eigenvalue weighted by molar-refractivity contribution is 6.08. The van der Waals surface area contributed by atoms with E-state index in [1.807, 2.05) is 37.3 Å². The van der Waals surface area contributed by atoms with Gasteiger partial charge in [-0.25, -0.2) is 0 Å². The highest BCUT2D eigenvalue weighted by Crippen LogP contribution is 2.49. The number of rotatable bonds is 6. The quantitative estimate of drug-likeness (QED) is 0.723. The van der Waals surface area contributed by atoms with Gasteiger partial charge in [-0.1, -0.05) is 30.3 Å². The zero-order valence-electron chi connectivity index (χ0n) is 16.3. The first-order valence-corrected chi connectivity index (χ1v) is 9.87. The highest BCUT2D eigenvalue weighted by Gasteiger charge is 2.51. The molecule has 5 nitrogen and oxygen atoms in total. The first kappa shape index (κ1) is 18.5. The number of benzene rings is 2. The minimum Gasteiger partial charge on any atom is -0.496 e. The Kier molecular flexibility index (Phi) is 5.07. The summed E-state index contributed by atoms with van der Waals surface area (Å²) in [5.41, 5.74) is 3.05. The van der Waals surface area contributed by atoms with Crippen LogP contribution in [0.25, 0.3) is 0 Å². The normalized spacial score (nSPS) is 20.7. The average Bonchev–Trinajstić information content (AvgIpc) is 2.98. The standard InChI is InChI=1S/C23H25NO4/c1-3-24-22(25)17-10-9-16-18(27-2)11-12-19(20(16)21(17)23(24)26)28-14-13-15-7-5-4-6-8-15/h4-8,11-12,17,21H,3,9-10,13-14H2,1-2H3. The Hall–Kier alpha value is -2.82. The summed E-state index contributed by atoms with van der Waals surface area (Å²) in [5.74, 6) is 0.543. The van der Waals surface area contributed by atoms with E-state index in [-0.39, 0.29) is 17.7 Å². The van der Waals surface area contributed by atoms with Gasteiger partial charge >= 0.3 is 0 Å². The van der Waals surface area contributed by atoms with Crippen molar-refractivity contribution in [2.24, 2.45) is 5.92 Å². The first-order chi connectivity index (χ1) is 13.7. The van der Waals surface area contributed by atoms with E-state index in [2.05, 4.69) is 12.1 Å². The van der Waals surface area contributed by atoms with Crippen LogP contribution in [0.2, 0.25) is 0 Å². The van der Waals surface area contributed by atoms with Gasteiger partial charge in [-0.3, -0.25) is 14.5 Å². The van der Waals surface area contributed by atoms with Gasteiger partial charge in [-0.05, 0) is 37.5 Å². The summed E-state index contributed by atoms with van der Waals surface area (Å²) in [6, 6.07) is 13.9. The van der Waals surface area contributed by atoms with E-state index in [0.717, 1.165) is 23.3 Å². The van der Waals surface area contributed by atoms with Crippen molar-refractivity contribution in [1.82, 2.24) is 4.90 Å². The molecule has 0 aromatic heterocycles. The topological polar surface area (TPSA) is 55.8 Å². The predicted molar refractivity (Wildman–Crippen MR) is 106 cm³/mol. The summed E-state index contributed by atoms with van der Waals surface area (Å²) in [4.78, 5) is 27.1. The molecule has 2 atom stereocenters. The molecule has 0 saturated carbocycles. The predicted octanol–water partition coefficient (Wildman–Crippen LogP) is 3.35. The van der Waals surface area contributed by atoms with Gasteiger partial charge in [0.15, 0.2) is 0 Å². The lowest BCUT2D eigenvalue weighted by molar-refractivity contribution is -0.139. The summed E-state index contributed by atoms with van der Waals surface area (Å²) in [5, 5.41) is 0. The zero-order valence-corrected chi connectivity index (χ0v) is 16.3. The number of amides is 2. The molecule has 5 heteroatoms. The van der Waals surface area contributed by atoms with E-state index < -0.39 is 5.92 Å². The molecule has 2 unspecified atom stereocenters. The van der Waals surface area contributed by atoms with Crippen LogP contribution in [0.4, 0.5) is 0 Å². The van der Waals surface area contributed by atoms with Crippen LogP contribution in [0.15, 0.2) is 42.5 Å². The molecule has 2 aromatic rings. The number of nitrogens with zero attached hydrogens (tertiary/aromatic N) is 1. The van der Waals surface area contributed by atoms with E-state index in [4.69, 9.17) is 9.47 Å². The molecular formula is C23H25NO4. The molecule has 2 amide bonds. The molecule has 146 valence electrons. The number of imide groups is 1. The van der Waals surface area contributed by atoms with Crippen LogP contribution >= 0.6 is 0 Å². The number of carbonyl (C=O) groups is 2. The summed E-state index contributed by atoms with van der Waals surface area (Å²) in [6.45, 7) is 2.77. The Bertz CT molecular complexity index is 893. The van der Waals surface area contributed by atoms with Gasteiger partial charge in [0.05, 0.1) is 25.6 Å². The minimum absolute atomic E-state index is 0.0544. The Morgan fingerprint density at radius 3 is 2.50 bits per heavy atom.